The van der Waals surface area contributed by atoms with Crippen LogP contribution in [0.25, 0.3) is 0 Å². The Kier molecular flexibility index (Phi) is 3.63. The normalized spacial score (nSPS) is 46.4. The van der Waals surface area contributed by atoms with E-state index in [2.05, 4.69) is 0 Å². The largest absolute Gasteiger partial charge is 0.385 e. The van der Waals surface area contributed by atoms with Crippen molar-refractivity contribution in [3.63, 3.8) is 0 Å². The molecule has 0 amide bonds. The highest BCUT2D eigenvalue weighted by atomic mass is 16.7. The topological polar surface area (TPSA) is 68.2 Å². The van der Waals surface area contributed by atoms with Crippen molar-refractivity contribution in [3.8, 4) is 0 Å². The number of hydrogen-bond donors (Lipinski definition) is 2. The van der Waals surface area contributed by atoms with E-state index in [1.165, 1.54) is 14.2 Å². The van der Waals surface area contributed by atoms with E-state index in [4.69, 9.17) is 14.2 Å². The van der Waals surface area contributed by atoms with Gasteiger partial charge in [0, 0.05) is 14.2 Å². The van der Waals surface area contributed by atoms with Crippen molar-refractivity contribution >= 4 is 0 Å². The molecule has 5 nitrogen and oxygen atoms in total. The Labute approximate surface area is 77.2 Å². The molecule has 1 saturated heterocycles. The maximum absolute atomic E-state index is 9.48. The summed E-state index contributed by atoms with van der Waals surface area (Å²) in [5.41, 5.74) is 0. The first kappa shape index (κ1) is 10.9. The molecule has 1 rings (SSSR count). The Morgan fingerprint density at radius 3 is 2.08 bits per heavy atom. The van der Waals surface area contributed by atoms with E-state index in [-0.39, 0.29) is 12.2 Å². The number of methoxy groups -OCH3 is 2. The number of aliphatic hydroxyl groups excluding tert-OH is 2. The zero-order valence-electron chi connectivity index (χ0n) is 8.01. The summed E-state index contributed by atoms with van der Waals surface area (Å²) in [5.74, 6) is 0. The molecule has 0 aliphatic carbocycles. The van der Waals surface area contributed by atoms with E-state index < -0.39 is 18.5 Å². The average molecular weight is 192 g/mol. The van der Waals surface area contributed by atoms with E-state index in [9.17, 15) is 10.2 Å². The van der Waals surface area contributed by atoms with Crippen LogP contribution >= 0.6 is 0 Å². The molecule has 1 aliphatic heterocycles. The smallest absolute Gasteiger partial charge is 0.183 e. The van der Waals surface area contributed by atoms with Crippen molar-refractivity contribution in [1.82, 2.24) is 0 Å². The summed E-state index contributed by atoms with van der Waals surface area (Å²) < 4.78 is 15.2. The van der Waals surface area contributed by atoms with Crippen LogP contribution in [0, 0.1) is 0 Å². The SMILES string of the molecule is CO[C@@H]1[C@@H](O)[C@@H](O)O[C@H](C)[C@H]1OC. The number of aliphatic hydroxyl groups is 2. The van der Waals surface area contributed by atoms with Crippen LogP contribution < -0.4 is 0 Å². The Balaban J connectivity index is 2.71. The first-order chi connectivity index (χ1) is 6.11. The molecule has 0 aromatic heterocycles. The Morgan fingerprint density at radius 2 is 1.62 bits per heavy atom. The third-order valence-electron chi connectivity index (χ3n) is 2.31. The van der Waals surface area contributed by atoms with Crippen LogP contribution in [0.5, 0.6) is 0 Å². The zero-order chi connectivity index (χ0) is 10.0. The Hall–Kier alpha value is -0.200. The van der Waals surface area contributed by atoms with Gasteiger partial charge in [-0.05, 0) is 6.92 Å². The molecule has 1 aliphatic rings. The summed E-state index contributed by atoms with van der Waals surface area (Å²) in [4.78, 5) is 0. The lowest BCUT2D eigenvalue weighted by Crippen LogP contribution is -2.57. The fraction of sp³-hybridized carbons (Fsp3) is 1.00. The van der Waals surface area contributed by atoms with E-state index in [1.54, 1.807) is 6.92 Å². The predicted octanol–water partition coefficient (Wildman–Crippen LogP) is -0.886. The van der Waals surface area contributed by atoms with Gasteiger partial charge < -0.3 is 24.4 Å². The van der Waals surface area contributed by atoms with Crippen molar-refractivity contribution in [2.75, 3.05) is 14.2 Å². The van der Waals surface area contributed by atoms with Crippen LogP contribution in [0.3, 0.4) is 0 Å². The fourth-order valence-electron chi connectivity index (χ4n) is 1.60. The summed E-state index contributed by atoms with van der Waals surface area (Å²) in [6, 6.07) is 0. The summed E-state index contributed by atoms with van der Waals surface area (Å²) in [6.45, 7) is 1.76. The molecular weight excluding hydrogens is 176 g/mol. The molecule has 5 heteroatoms. The summed E-state index contributed by atoms with van der Waals surface area (Å²) >= 11 is 0. The van der Waals surface area contributed by atoms with Gasteiger partial charge >= 0.3 is 0 Å². The molecule has 0 unspecified atom stereocenters. The van der Waals surface area contributed by atoms with Crippen molar-refractivity contribution in [2.45, 2.75) is 37.6 Å². The van der Waals surface area contributed by atoms with Crippen LogP contribution in [0.4, 0.5) is 0 Å². The summed E-state index contributed by atoms with van der Waals surface area (Å²) in [5, 5.41) is 18.7. The third-order valence-corrected chi connectivity index (χ3v) is 2.31. The standard InChI is InChI=1S/C8H16O5/c1-4-6(11-2)7(12-3)5(9)8(10)13-4/h4-10H,1-3H3/t4-,5-,6-,7-,8+/m1/s1. The monoisotopic (exact) mass is 192 g/mol. The van der Waals surface area contributed by atoms with Crippen LogP contribution in [0.15, 0.2) is 0 Å². The molecule has 1 heterocycles. The predicted molar refractivity (Wildman–Crippen MR) is 44.2 cm³/mol. The van der Waals surface area contributed by atoms with Gasteiger partial charge in [0.15, 0.2) is 6.29 Å². The minimum Gasteiger partial charge on any atom is -0.385 e. The molecule has 2 N–H and O–H groups in total. The lowest BCUT2D eigenvalue weighted by atomic mass is 10.00. The second-order valence-corrected chi connectivity index (χ2v) is 3.12. The van der Waals surface area contributed by atoms with Crippen LogP contribution in [0.1, 0.15) is 6.92 Å². The maximum Gasteiger partial charge on any atom is 0.183 e. The summed E-state index contributed by atoms with van der Waals surface area (Å²) in [7, 11) is 2.98. The van der Waals surface area contributed by atoms with Gasteiger partial charge in [-0.3, -0.25) is 0 Å². The van der Waals surface area contributed by atoms with Crippen LogP contribution in [-0.2, 0) is 14.2 Å². The van der Waals surface area contributed by atoms with E-state index in [0.29, 0.717) is 0 Å². The van der Waals surface area contributed by atoms with Gasteiger partial charge in [-0.1, -0.05) is 0 Å². The molecule has 13 heavy (non-hydrogen) atoms. The number of rotatable bonds is 2. The maximum atomic E-state index is 9.48. The van der Waals surface area contributed by atoms with E-state index in [1.807, 2.05) is 0 Å². The van der Waals surface area contributed by atoms with E-state index in [0.717, 1.165) is 0 Å². The van der Waals surface area contributed by atoms with Crippen LogP contribution in [0.2, 0.25) is 0 Å². The summed E-state index contributed by atoms with van der Waals surface area (Å²) in [6.07, 6.45) is -3.47. The molecular formula is C8H16O5. The van der Waals surface area contributed by atoms with Crippen molar-refractivity contribution < 1.29 is 24.4 Å². The molecule has 0 bridgehead atoms. The second kappa shape index (κ2) is 4.34. The molecule has 1 fully saturated rings. The molecule has 0 spiro atoms. The van der Waals surface area contributed by atoms with Gasteiger partial charge in [0.2, 0.25) is 0 Å². The number of hydrogen-bond acceptors (Lipinski definition) is 5. The Morgan fingerprint density at radius 1 is 1.08 bits per heavy atom. The molecule has 5 atom stereocenters. The highest BCUT2D eigenvalue weighted by Gasteiger charge is 2.43. The molecule has 0 aromatic rings. The molecule has 78 valence electrons. The van der Waals surface area contributed by atoms with Gasteiger partial charge in [0.1, 0.15) is 18.3 Å². The first-order valence-corrected chi connectivity index (χ1v) is 4.19. The molecule has 0 saturated carbocycles. The minimum absolute atomic E-state index is 0.298. The highest BCUT2D eigenvalue weighted by molar-refractivity contribution is 4.88. The number of ether oxygens (including phenoxy) is 3. The average Bonchev–Trinajstić information content (AvgIpc) is 2.10. The quantitative estimate of drug-likeness (QED) is 0.594. The Bertz CT molecular complexity index is 163. The van der Waals surface area contributed by atoms with Crippen molar-refractivity contribution in [2.24, 2.45) is 0 Å². The van der Waals surface area contributed by atoms with E-state index >= 15 is 0 Å². The zero-order valence-corrected chi connectivity index (χ0v) is 8.01. The van der Waals surface area contributed by atoms with Gasteiger partial charge in [-0.2, -0.15) is 0 Å². The second-order valence-electron chi connectivity index (χ2n) is 3.12. The third kappa shape index (κ3) is 2.00. The van der Waals surface area contributed by atoms with Gasteiger partial charge in [0.05, 0.1) is 6.10 Å². The lowest BCUT2D eigenvalue weighted by molar-refractivity contribution is -0.286. The van der Waals surface area contributed by atoms with Gasteiger partial charge in [0.25, 0.3) is 0 Å². The van der Waals surface area contributed by atoms with Gasteiger partial charge in [-0.15, -0.1) is 0 Å². The van der Waals surface area contributed by atoms with Crippen LogP contribution in [-0.4, -0.2) is 55.1 Å². The lowest BCUT2D eigenvalue weighted by Gasteiger charge is -2.40. The van der Waals surface area contributed by atoms with Gasteiger partial charge in [-0.25, -0.2) is 0 Å². The molecule has 0 radical (unpaired) electrons. The highest BCUT2D eigenvalue weighted by Crippen LogP contribution is 2.23. The fourth-order valence-corrected chi connectivity index (χ4v) is 1.60. The first-order valence-electron chi connectivity index (χ1n) is 4.19. The minimum atomic E-state index is -1.20. The van der Waals surface area contributed by atoms with Crippen molar-refractivity contribution in [3.05, 3.63) is 0 Å². The molecule has 0 aromatic carbocycles. The van der Waals surface area contributed by atoms with Crippen molar-refractivity contribution in [1.29, 1.82) is 0 Å².